The highest BCUT2D eigenvalue weighted by Gasteiger charge is 2.21. The summed E-state index contributed by atoms with van der Waals surface area (Å²) >= 11 is 0. The predicted molar refractivity (Wildman–Crippen MR) is 88.8 cm³/mol. The van der Waals surface area contributed by atoms with Crippen LogP contribution >= 0.6 is 0 Å². The van der Waals surface area contributed by atoms with Gasteiger partial charge in [-0.3, -0.25) is 14.4 Å². The van der Waals surface area contributed by atoms with E-state index in [2.05, 4.69) is 10.8 Å². The third-order valence-corrected chi connectivity index (χ3v) is 3.36. The maximum Gasteiger partial charge on any atom is 0.266 e. The van der Waals surface area contributed by atoms with E-state index in [-0.39, 0.29) is 24.7 Å². The zero-order valence-electron chi connectivity index (χ0n) is 13.4. The van der Waals surface area contributed by atoms with Gasteiger partial charge in [0.25, 0.3) is 5.91 Å². The fourth-order valence-corrected chi connectivity index (χ4v) is 2.19. The molecule has 3 N–H and O–H groups in total. The van der Waals surface area contributed by atoms with Gasteiger partial charge in [-0.15, -0.1) is 0 Å². The minimum atomic E-state index is -0.841. The number of benzene rings is 2. The second-order valence-corrected chi connectivity index (χ2v) is 5.33. The van der Waals surface area contributed by atoms with Crippen molar-refractivity contribution in [1.29, 1.82) is 0 Å². The van der Waals surface area contributed by atoms with Crippen LogP contribution in [0.3, 0.4) is 0 Å². The fourth-order valence-electron chi connectivity index (χ4n) is 2.19. The average Bonchev–Trinajstić information content (AvgIpc) is 2.56. The topological polar surface area (TPSA) is 87.7 Å². The highest BCUT2D eigenvalue weighted by Crippen LogP contribution is 2.17. The molecule has 0 bridgehead atoms. The third-order valence-electron chi connectivity index (χ3n) is 3.36. The normalized spacial score (nSPS) is 11.5. The Kier molecular flexibility index (Phi) is 6.33. The van der Waals surface area contributed by atoms with Gasteiger partial charge in [0.2, 0.25) is 5.91 Å². The number of carbonyl (C=O) groups excluding carboxylic acids is 2. The Labute approximate surface area is 140 Å². The van der Waals surface area contributed by atoms with Gasteiger partial charge in [-0.2, -0.15) is 0 Å². The zero-order chi connectivity index (χ0) is 17.4. The summed E-state index contributed by atoms with van der Waals surface area (Å²) in [5.41, 5.74) is 3.82. The molecule has 0 aromatic heterocycles. The molecule has 0 radical (unpaired) electrons. The average molecular weight is 328 g/mol. The van der Waals surface area contributed by atoms with Gasteiger partial charge in [-0.25, -0.2) is 5.48 Å². The molecule has 2 amide bonds. The first kappa shape index (κ1) is 17.5. The van der Waals surface area contributed by atoms with Crippen molar-refractivity contribution in [1.82, 2.24) is 10.8 Å². The van der Waals surface area contributed by atoms with E-state index in [1.165, 1.54) is 13.0 Å². The lowest BCUT2D eigenvalue weighted by Crippen LogP contribution is -2.47. The molecule has 0 heterocycles. The SMILES string of the molecule is CC(=O)N[C@H](Cc1ccccc1O)C(=O)NOCc1ccccc1. The number of amides is 2. The largest absolute Gasteiger partial charge is 0.508 e. The molecule has 0 spiro atoms. The van der Waals surface area contributed by atoms with Crippen molar-refractivity contribution >= 4 is 11.8 Å². The molecule has 2 aromatic rings. The number of nitrogens with one attached hydrogen (secondary N) is 2. The van der Waals surface area contributed by atoms with Crippen molar-refractivity contribution in [2.75, 3.05) is 0 Å². The number of carbonyl (C=O) groups is 2. The fraction of sp³-hybridized carbons (Fsp3) is 0.222. The smallest absolute Gasteiger partial charge is 0.266 e. The second-order valence-electron chi connectivity index (χ2n) is 5.33. The van der Waals surface area contributed by atoms with Crippen molar-refractivity contribution in [3.8, 4) is 5.75 Å². The summed E-state index contributed by atoms with van der Waals surface area (Å²) in [5.74, 6) is -0.746. The molecule has 0 saturated heterocycles. The van der Waals surface area contributed by atoms with Crippen LogP contribution in [0.4, 0.5) is 0 Å². The molecule has 6 heteroatoms. The molecule has 0 unspecified atom stereocenters. The highest BCUT2D eigenvalue weighted by atomic mass is 16.6. The first-order valence-corrected chi connectivity index (χ1v) is 7.56. The molecule has 2 rings (SSSR count). The molecule has 0 saturated carbocycles. The van der Waals surface area contributed by atoms with Crippen molar-refractivity contribution in [3.63, 3.8) is 0 Å². The number of phenolic OH excluding ortho intramolecular Hbond substituents is 1. The van der Waals surface area contributed by atoms with Gasteiger partial charge in [-0.05, 0) is 17.2 Å². The van der Waals surface area contributed by atoms with Crippen molar-refractivity contribution in [2.45, 2.75) is 26.0 Å². The number of aromatic hydroxyl groups is 1. The Bertz CT molecular complexity index is 688. The van der Waals surface area contributed by atoms with E-state index in [9.17, 15) is 14.7 Å². The molecule has 126 valence electrons. The summed E-state index contributed by atoms with van der Waals surface area (Å²) in [5, 5.41) is 12.4. The minimum Gasteiger partial charge on any atom is -0.508 e. The molecular formula is C18H20N2O4. The molecule has 6 nitrogen and oxygen atoms in total. The Morgan fingerprint density at radius 3 is 2.42 bits per heavy atom. The Balaban J connectivity index is 1.95. The van der Waals surface area contributed by atoms with Crippen molar-refractivity contribution in [2.24, 2.45) is 0 Å². The highest BCUT2D eigenvalue weighted by molar-refractivity contribution is 5.86. The van der Waals surface area contributed by atoms with E-state index in [1.54, 1.807) is 18.2 Å². The van der Waals surface area contributed by atoms with Crippen LogP contribution in [0, 0.1) is 0 Å². The van der Waals surface area contributed by atoms with E-state index >= 15 is 0 Å². The first-order chi connectivity index (χ1) is 11.6. The maximum absolute atomic E-state index is 12.3. The summed E-state index contributed by atoms with van der Waals surface area (Å²) in [6.07, 6.45) is 0.160. The quantitative estimate of drug-likeness (QED) is 0.675. The Morgan fingerprint density at radius 1 is 1.08 bits per heavy atom. The number of hydrogen-bond acceptors (Lipinski definition) is 4. The summed E-state index contributed by atoms with van der Waals surface area (Å²) < 4.78 is 0. The number of hydroxylamine groups is 1. The van der Waals surface area contributed by atoms with Gasteiger partial charge >= 0.3 is 0 Å². The standard InChI is InChI=1S/C18H20N2O4/c1-13(21)19-16(11-15-9-5-6-10-17(15)22)18(23)20-24-12-14-7-3-2-4-8-14/h2-10,16,22H,11-12H2,1H3,(H,19,21)(H,20,23)/t16-/m1/s1. The van der Waals surface area contributed by atoms with Crippen molar-refractivity contribution < 1.29 is 19.5 Å². The van der Waals surface area contributed by atoms with Gasteiger partial charge in [0, 0.05) is 13.3 Å². The molecule has 0 aliphatic carbocycles. The van der Waals surface area contributed by atoms with E-state index in [0.717, 1.165) is 5.56 Å². The lowest BCUT2D eigenvalue weighted by Gasteiger charge is -2.18. The summed E-state index contributed by atoms with van der Waals surface area (Å²) in [7, 11) is 0. The number of hydrogen-bond donors (Lipinski definition) is 3. The van der Waals surface area contributed by atoms with Crippen molar-refractivity contribution in [3.05, 3.63) is 65.7 Å². The summed E-state index contributed by atoms with van der Waals surface area (Å²) in [6.45, 7) is 1.55. The van der Waals surface area contributed by atoms with Gasteiger partial charge in [0.05, 0.1) is 6.61 Å². The molecule has 0 aliphatic rings. The Hall–Kier alpha value is -2.86. The Morgan fingerprint density at radius 2 is 1.75 bits per heavy atom. The number of rotatable bonds is 7. The van der Waals surface area contributed by atoms with E-state index in [1.807, 2.05) is 30.3 Å². The zero-order valence-corrected chi connectivity index (χ0v) is 13.4. The van der Waals surface area contributed by atoms with E-state index < -0.39 is 11.9 Å². The monoisotopic (exact) mass is 328 g/mol. The van der Waals surface area contributed by atoms with Crippen LogP contribution in [0.25, 0.3) is 0 Å². The van der Waals surface area contributed by atoms with Crippen LogP contribution in [-0.4, -0.2) is 23.0 Å². The molecule has 2 aromatic carbocycles. The predicted octanol–water partition coefficient (Wildman–Crippen LogP) is 1.69. The first-order valence-electron chi connectivity index (χ1n) is 7.56. The molecule has 24 heavy (non-hydrogen) atoms. The van der Waals surface area contributed by atoms with Crippen LogP contribution in [0.2, 0.25) is 0 Å². The van der Waals surface area contributed by atoms with Crippen LogP contribution in [-0.2, 0) is 27.5 Å². The van der Waals surface area contributed by atoms with Gasteiger partial charge < -0.3 is 10.4 Å². The van der Waals surface area contributed by atoms with Crippen LogP contribution in [0.1, 0.15) is 18.1 Å². The molecular weight excluding hydrogens is 308 g/mol. The van der Waals surface area contributed by atoms with E-state index in [4.69, 9.17) is 4.84 Å². The minimum absolute atomic E-state index is 0.0749. The number of phenols is 1. The second kappa shape index (κ2) is 8.69. The summed E-state index contributed by atoms with van der Waals surface area (Å²) in [6, 6.07) is 15.2. The lowest BCUT2D eigenvalue weighted by molar-refractivity contribution is -0.138. The molecule has 0 aliphatic heterocycles. The van der Waals surface area contributed by atoms with Crippen LogP contribution in [0.15, 0.2) is 54.6 Å². The summed E-state index contributed by atoms with van der Waals surface area (Å²) in [4.78, 5) is 28.8. The van der Waals surface area contributed by atoms with Crippen LogP contribution in [0.5, 0.6) is 5.75 Å². The van der Waals surface area contributed by atoms with Crippen LogP contribution < -0.4 is 10.8 Å². The van der Waals surface area contributed by atoms with Gasteiger partial charge in [0.15, 0.2) is 0 Å². The molecule has 1 atom stereocenters. The lowest BCUT2D eigenvalue weighted by atomic mass is 10.0. The van der Waals surface area contributed by atoms with Gasteiger partial charge in [0.1, 0.15) is 11.8 Å². The number of para-hydroxylation sites is 1. The molecule has 0 fully saturated rings. The van der Waals surface area contributed by atoms with Gasteiger partial charge in [-0.1, -0.05) is 48.5 Å². The maximum atomic E-state index is 12.3. The van der Waals surface area contributed by atoms with E-state index in [0.29, 0.717) is 5.56 Å². The third kappa shape index (κ3) is 5.40.